The number of piperidine rings is 1. The lowest BCUT2D eigenvalue weighted by Crippen LogP contribution is -2.44. The molecule has 1 N–H and O–H groups in total. The summed E-state index contributed by atoms with van der Waals surface area (Å²) < 4.78 is 0. The first-order valence-electron chi connectivity index (χ1n) is 8.33. The Morgan fingerprint density at radius 2 is 1.95 bits per heavy atom. The standard InChI is InChI=1S/C16H33N3/c1-4-14(2)16-13-19(9-5-8-17-16)12-15-6-10-18(3)11-7-15/h14-17H,4-13H2,1-3H3. The maximum atomic E-state index is 3.76. The highest BCUT2D eigenvalue weighted by molar-refractivity contribution is 4.82. The van der Waals surface area contributed by atoms with Gasteiger partial charge in [-0.2, -0.15) is 0 Å². The van der Waals surface area contributed by atoms with Crippen LogP contribution >= 0.6 is 0 Å². The van der Waals surface area contributed by atoms with Crippen molar-refractivity contribution in [1.82, 2.24) is 15.1 Å². The number of nitrogens with zero attached hydrogens (tertiary/aromatic N) is 2. The second-order valence-corrected chi connectivity index (χ2v) is 6.81. The van der Waals surface area contributed by atoms with Crippen LogP contribution in [0.1, 0.15) is 39.5 Å². The van der Waals surface area contributed by atoms with Gasteiger partial charge in [0.2, 0.25) is 0 Å². The van der Waals surface area contributed by atoms with Gasteiger partial charge in [0, 0.05) is 19.1 Å². The lowest BCUT2D eigenvalue weighted by Gasteiger charge is -2.34. The van der Waals surface area contributed by atoms with Crippen molar-refractivity contribution in [2.75, 3.05) is 46.3 Å². The molecule has 2 saturated heterocycles. The topological polar surface area (TPSA) is 18.5 Å². The van der Waals surface area contributed by atoms with Gasteiger partial charge in [-0.1, -0.05) is 20.3 Å². The molecule has 2 rings (SSSR count). The van der Waals surface area contributed by atoms with Crippen molar-refractivity contribution in [2.24, 2.45) is 11.8 Å². The Bertz CT molecular complexity index is 248. The first-order chi connectivity index (χ1) is 9.19. The quantitative estimate of drug-likeness (QED) is 0.841. The molecule has 2 heterocycles. The van der Waals surface area contributed by atoms with Gasteiger partial charge in [0.25, 0.3) is 0 Å². The summed E-state index contributed by atoms with van der Waals surface area (Å²) in [7, 11) is 2.25. The largest absolute Gasteiger partial charge is 0.312 e. The van der Waals surface area contributed by atoms with Gasteiger partial charge in [-0.3, -0.25) is 0 Å². The molecule has 0 aromatic rings. The zero-order valence-electron chi connectivity index (χ0n) is 13.2. The molecular formula is C16H33N3. The van der Waals surface area contributed by atoms with Gasteiger partial charge in [0.05, 0.1) is 0 Å². The number of hydrogen-bond donors (Lipinski definition) is 1. The van der Waals surface area contributed by atoms with Gasteiger partial charge in [0.15, 0.2) is 0 Å². The van der Waals surface area contributed by atoms with Gasteiger partial charge in [-0.15, -0.1) is 0 Å². The van der Waals surface area contributed by atoms with Crippen molar-refractivity contribution in [3.63, 3.8) is 0 Å². The molecule has 2 unspecified atom stereocenters. The van der Waals surface area contributed by atoms with Crippen molar-refractivity contribution in [3.8, 4) is 0 Å². The van der Waals surface area contributed by atoms with E-state index in [0.717, 1.165) is 11.8 Å². The molecule has 0 aromatic carbocycles. The van der Waals surface area contributed by atoms with Crippen LogP contribution in [-0.4, -0.2) is 62.2 Å². The zero-order chi connectivity index (χ0) is 13.7. The third-order valence-corrected chi connectivity index (χ3v) is 5.20. The maximum absolute atomic E-state index is 3.76. The molecule has 0 radical (unpaired) electrons. The summed E-state index contributed by atoms with van der Waals surface area (Å²) in [4.78, 5) is 5.22. The number of rotatable bonds is 4. The first-order valence-corrected chi connectivity index (χ1v) is 8.33. The van der Waals surface area contributed by atoms with E-state index in [2.05, 4.69) is 36.0 Å². The highest BCUT2D eigenvalue weighted by Crippen LogP contribution is 2.19. The lowest BCUT2D eigenvalue weighted by molar-refractivity contribution is 0.152. The molecular weight excluding hydrogens is 234 g/mol. The van der Waals surface area contributed by atoms with E-state index in [1.54, 1.807) is 0 Å². The minimum absolute atomic E-state index is 0.707. The van der Waals surface area contributed by atoms with Crippen LogP contribution < -0.4 is 5.32 Å². The van der Waals surface area contributed by atoms with Gasteiger partial charge < -0.3 is 15.1 Å². The molecule has 0 amide bonds. The predicted molar refractivity (Wildman–Crippen MR) is 82.5 cm³/mol. The van der Waals surface area contributed by atoms with Crippen molar-refractivity contribution in [2.45, 2.75) is 45.6 Å². The minimum Gasteiger partial charge on any atom is -0.312 e. The minimum atomic E-state index is 0.707. The molecule has 0 spiro atoms. The Morgan fingerprint density at radius 1 is 1.21 bits per heavy atom. The van der Waals surface area contributed by atoms with Crippen LogP contribution in [0.25, 0.3) is 0 Å². The molecule has 3 nitrogen and oxygen atoms in total. The van der Waals surface area contributed by atoms with Crippen LogP contribution in [0.2, 0.25) is 0 Å². The van der Waals surface area contributed by atoms with E-state index in [-0.39, 0.29) is 0 Å². The highest BCUT2D eigenvalue weighted by Gasteiger charge is 2.24. The normalized spacial score (nSPS) is 30.2. The molecule has 0 bridgehead atoms. The van der Waals surface area contributed by atoms with Crippen LogP contribution in [0.3, 0.4) is 0 Å². The average Bonchev–Trinajstić information content (AvgIpc) is 2.66. The van der Waals surface area contributed by atoms with E-state index in [4.69, 9.17) is 0 Å². The van der Waals surface area contributed by atoms with Gasteiger partial charge in [-0.05, 0) is 64.3 Å². The Labute approximate surface area is 119 Å². The SMILES string of the molecule is CCC(C)C1CN(CC2CCN(C)CC2)CCCN1. The van der Waals surface area contributed by atoms with E-state index in [1.807, 2.05) is 0 Å². The Kier molecular flexibility index (Phi) is 6.11. The summed E-state index contributed by atoms with van der Waals surface area (Å²) in [6.45, 7) is 12.4. The van der Waals surface area contributed by atoms with Crippen LogP contribution in [-0.2, 0) is 0 Å². The third kappa shape index (κ3) is 4.73. The van der Waals surface area contributed by atoms with E-state index in [0.29, 0.717) is 6.04 Å². The average molecular weight is 267 g/mol. The summed E-state index contributed by atoms with van der Waals surface area (Å²) in [5.41, 5.74) is 0. The summed E-state index contributed by atoms with van der Waals surface area (Å²) in [6.07, 6.45) is 5.40. The van der Waals surface area contributed by atoms with Gasteiger partial charge in [0.1, 0.15) is 0 Å². The van der Waals surface area contributed by atoms with E-state index >= 15 is 0 Å². The van der Waals surface area contributed by atoms with E-state index < -0.39 is 0 Å². The van der Waals surface area contributed by atoms with Crippen LogP contribution in [0.15, 0.2) is 0 Å². The molecule has 112 valence electrons. The van der Waals surface area contributed by atoms with Crippen LogP contribution in [0.5, 0.6) is 0 Å². The van der Waals surface area contributed by atoms with Crippen LogP contribution in [0, 0.1) is 11.8 Å². The van der Waals surface area contributed by atoms with Gasteiger partial charge in [-0.25, -0.2) is 0 Å². The Balaban J connectivity index is 1.81. The Morgan fingerprint density at radius 3 is 2.63 bits per heavy atom. The Hall–Kier alpha value is -0.120. The molecule has 2 atom stereocenters. The summed E-state index contributed by atoms with van der Waals surface area (Å²) >= 11 is 0. The molecule has 2 aliphatic heterocycles. The predicted octanol–water partition coefficient (Wildman–Crippen LogP) is 2.04. The summed E-state index contributed by atoms with van der Waals surface area (Å²) in [6, 6.07) is 0.707. The van der Waals surface area contributed by atoms with Crippen LogP contribution in [0.4, 0.5) is 0 Å². The molecule has 3 heteroatoms. The first kappa shape index (κ1) is 15.3. The number of nitrogens with one attached hydrogen (secondary N) is 1. The fraction of sp³-hybridized carbons (Fsp3) is 1.00. The fourth-order valence-electron chi connectivity index (χ4n) is 3.47. The monoisotopic (exact) mass is 267 g/mol. The smallest absolute Gasteiger partial charge is 0.0220 e. The van der Waals surface area contributed by atoms with Crippen molar-refractivity contribution < 1.29 is 0 Å². The fourth-order valence-corrected chi connectivity index (χ4v) is 3.47. The molecule has 2 aliphatic rings. The number of likely N-dealkylation sites (tertiary alicyclic amines) is 1. The molecule has 0 saturated carbocycles. The van der Waals surface area contributed by atoms with Gasteiger partial charge >= 0.3 is 0 Å². The van der Waals surface area contributed by atoms with Crippen molar-refractivity contribution >= 4 is 0 Å². The van der Waals surface area contributed by atoms with E-state index in [9.17, 15) is 0 Å². The molecule has 0 aromatic heterocycles. The second-order valence-electron chi connectivity index (χ2n) is 6.81. The summed E-state index contributed by atoms with van der Waals surface area (Å²) in [5.74, 6) is 1.74. The second kappa shape index (κ2) is 7.61. The molecule has 2 fully saturated rings. The lowest BCUT2D eigenvalue weighted by atomic mass is 9.95. The molecule has 19 heavy (non-hydrogen) atoms. The zero-order valence-corrected chi connectivity index (χ0v) is 13.2. The highest BCUT2D eigenvalue weighted by atomic mass is 15.2. The van der Waals surface area contributed by atoms with E-state index in [1.165, 1.54) is 65.0 Å². The molecule has 0 aliphatic carbocycles. The van der Waals surface area contributed by atoms with Crippen molar-refractivity contribution in [3.05, 3.63) is 0 Å². The third-order valence-electron chi connectivity index (χ3n) is 5.20. The number of hydrogen-bond acceptors (Lipinski definition) is 3. The van der Waals surface area contributed by atoms with Crippen molar-refractivity contribution in [1.29, 1.82) is 0 Å². The summed E-state index contributed by atoms with van der Waals surface area (Å²) in [5, 5.41) is 3.76. The maximum Gasteiger partial charge on any atom is 0.0220 e.